The normalized spacial score (nSPS) is 12.6. The number of ether oxygens (including phenoxy) is 1. The molecule has 0 aromatic rings. The lowest BCUT2D eigenvalue weighted by molar-refractivity contribution is -0.143. The first kappa shape index (κ1) is 77.3. The number of hydrogen-bond acceptors (Lipinski definition) is 5. The van der Waals surface area contributed by atoms with E-state index in [0.717, 1.165) is 51.4 Å². The molecule has 2 unspecified atom stereocenters. The number of carbonyl (C=O) groups is 2. The van der Waals surface area contributed by atoms with Crippen LogP contribution in [0.3, 0.4) is 0 Å². The zero-order chi connectivity index (χ0) is 57.1. The van der Waals surface area contributed by atoms with Crippen LogP contribution in [0.25, 0.3) is 0 Å². The molecular formula is C73H141NO5. The van der Waals surface area contributed by atoms with E-state index in [2.05, 4.69) is 43.5 Å². The molecule has 0 aliphatic rings. The summed E-state index contributed by atoms with van der Waals surface area (Å²) < 4.78 is 5.49. The van der Waals surface area contributed by atoms with Crippen LogP contribution in [0.2, 0.25) is 0 Å². The molecule has 0 fully saturated rings. The number of nitrogens with one attached hydrogen (secondary N) is 1. The third-order valence-corrected chi connectivity index (χ3v) is 17.0. The summed E-state index contributed by atoms with van der Waals surface area (Å²) in [6, 6.07) is -0.544. The first-order chi connectivity index (χ1) is 39.0. The number of unbranched alkanes of at least 4 members (excludes halogenated alkanes) is 53. The van der Waals surface area contributed by atoms with Gasteiger partial charge in [-0.3, -0.25) is 9.59 Å². The van der Waals surface area contributed by atoms with Gasteiger partial charge in [-0.05, 0) is 57.8 Å². The number of carbonyl (C=O) groups excluding carboxylic acids is 2. The highest BCUT2D eigenvalue weighted by Crippen LogP contribution is 2.19. The summed E-state index contributed by atoms with van der Waals surface area (Å²) in [6.07, 6.45) is 86.5. The van der Waals surface area contributed by atoms with Gasteiger partial charge < -0.3 is 20.3 Å². The molecule has 3 N–H and O–H groups in total. The molecule has 0 aliphatic heterocycles. The van der Waals surface area contributed by atoms with Crippen LogP contribution in [0.5, 0.6) is 0 Å². The number of allylic oxidation sites excluding steroid dienone is 4. The predicted molar refractivity (Wildman–Crippen MR) is 347 cm³/mol. The summed E-state index contributed by atoms with van der Waals surface area (Å²) in [5.74, 6) is -0.0314. The highest BCUT2D eigenvalue weighted by Gasteiger charge is 2.20. The average Bonchev–Trinajstić information content (AvgIpc) is 3.45. The number of aliphatic hydroxyl groups is 2. The molecule has 0 heterocycles. The van der Waals surface area contributed by atoms with Gasteiger partial charge in [0.1, 0.15) is 0 Å². The molecule has 468 valence electrons. The molecule has 0 spiro atoms. The molecule has 2 atom stereocenters. The summed E-state index contributed by atoms with van der Waals surface area (Å²) in [7, 11) is 0. The van der Waals surface area contributed by atoms with Gasteiger partial charge >= 0.3 is 5.97 Å². The van der Waals surface area contributed by atoms with Gasteiger partial charge in [0.15, 0.2) is 0 Å². The van der Waals surface area contributed by atoms with Gasteiger partial charge in [-0.25, -0.2) is 0 Å². The molecule has 1 amide bonds. The van der Waals surface area contributed by atoms with Gasteiger partial charge in [0.2, 0.25) is 5.91 Å². The fourth-order valence-electron chi connectivity index (χ4n) is 11.5. The minimum atomic E-state index is -0.667. The highest BCUT2D eigenvalue weighted by molar-refractivity contribution is 5.76. The maximum Gasteiger partial charge on any atom is 0.305 e. The molecule has 0 aromatic carbocycles. The molecular weight excluding hydrogens is 971 g/mol. The van der Waals surface area contributed by atoms with Crippen LogP contribution >= 0.6 is 0 Å². The van der Waals surface area contributed by atoms with Crippen molar-refractivity contribution in [3.63, 3.8) is 0 Å². The Balaban J connectivity index is 3.39. The van der Waals surface area contributed by atoms with Gasteiger partial charge in [0.05, 0.1) is 25.4 Å². The van der Waals surface area contributed by atoms with E-state index < -0.39 is 12.1 Å². The largest absolute Gasteiger partial charge is 0.466 e. The minimum absolute atomic E-state index is 0.000287. The van der Waals surface area contributed by atoms with E-state index in [0.29, 0.717) is 25.9 Å². The van der Waals surface area contributed by atoms with Crippen LogP contribution < -0.4 is 5.32 Å². The summed E-state index contributed by atoms with van der Waals surface area (Å²) >= 11 is 0. The van der Waals surface area contributed by atoms with Gasteiger partial charge in [-0.15, -0.1) is 0 Å². The maximum atomic E-state index is 12.6. The number of hydrogen-bond donors (Lipinski definition) is 3. The van der Waals surface area contributed by atoms with E-state index >= 15 is 0 Å². The van der Waals surface area contributed by atoms with Gasteiger partial charge in [0.25, 0.3) is 0 Å². The van der Waals surface area contributed by atoms with Crippen LogP contribution in [0.1, 0.15) is 406 Å². The predicted octanol–water partition coefficient (Wildman–Crippen LogP) is 23.3. The number of esters is 1. The summed E-state index contributed by atoms with van der Waals surface area (Å²) in [5, 5.41) is 23.5. The zero-order valence-corrected chi connectivity index (χ0v) is 53.6. The molecule has 0 saturated heterocycles. The van der Waals surface area contributed by atoms with E-state index in [4.69, 9.17) is 4.74 Å². The van der Waals surface area contributed by atoms with E-state index in [1.807, 2.05) is 0 Å². The Morgan fingerprint density at radius 3 is 0.975 bits per heavy atom. The second kappa shape index (κ2) is 68.8. The van der Waals surface area contributed by atoms with Crippen molar-refractivity contribution in [3.05, 3.63) is 24.3 Å². The molecule has 0 aliphatic carbocycles. The Bertz CT molecular complexity index is 1230. The van der Waals surface area contributed by atoms with Crippen LogP contribution in [-0.2, 0) is 14.3 Å². The van der Waals surface area contributed by atoms with Crippen molar-refractivity contribution in [2.45, 2.75) is 418 Å². The van der Waals surface area contributed by atoms with Crippen molar-refractivity contribution in [3.8, 4) is 0 Å². The van der Waals surface area contributed by atoms with E-state index in [-0.39, 0.29) is 18.5 Å². The van der Waals surface area contributed by atoms with Crippen LogP contribution in [0.4, 0.5) is 0 Å². The zero-order valence-electron chi connectivity index (χ0n) is 53.6. The molecule has 0 radical (unpaired) electrons. The van der Waals surface area contributed by atoms with E-state index in [1.165, 1.54) is 321 Å². The molecule has 0 rings (SSSR count). The molecule has 0 bridgehead atoms. The Morgan fingerprint density at radius 2 is 0.633 bits per heavy atom. The quantitative estimate of drug-likeness (QED) is 0.0320. The monoisotopic (exact) mass is 1110 g/mol. The van der Waals surface area contributed by atoms with Gasteiger partial charge in [0, 0.05) is 12.8 Å². The average molecular weight is 1110 g/mol. The molecule has 0 aromatic heterocycles. The van der Waals surface area contributed by atoms with Crippen molar-refractivity contribution in [2.75, 3.05) is 13.2 Å². The van der Waals surface area contributed by atoms with E-state index in [1.54, 1.807) is 0 Å². The van der Waals surface area contributed by atoms with Gasteiger partial charge in [-0.1, -0.05) is 359 Å². The van der Waals surface area contributed by atoms with Crippen molar-refractivity contribution in [2.24, 2.45) is 0 Å². The van der Waals surface area contributed by atoms with Gasteiger partial charge in [-0.2, -0.15) is 0 Å². The Labute approximate surface area is 494 Å². The number of amides is 1. The SMILES string of the molecule is CCCCCC/C=C\C/C=C\CCCCCCCC(=O)OCCCCCCCCCCCCCCCCCCCCCCCC(=O)NC(CO)C(O)CCCCCCCCCCCCCCCCCCCCCCCCCCC. The van der Waals surface area contributed by atoms with Crippen molar-refractivity contribution in [1.82, 2.24) is 5.32 Å². The lowest BCUT2D eigenvalue weighted by Gasteiger charge is -2.22. The van der Waals surface area contributed by atoms with Crippen molar-refractivity contribution < 1.29 is 24.5 Å². The fraction of sp³-hybridized carbons (Fsp3) is 0.918. The lowest BCUT2D eigenvalue weighted by atomic mass is 10.0. The van der Waals surface area contributed by atoms with E-state index in [9.17, 15) is 19.8 Å². The third kappa shape index (κ3) is 65.4. The second-order valence-electron chi connectivity index (χ2n) is 24.9. The standard InChI is InChI=1S/C73H141NO5/c1-3-5-7-9-11-13-15-17-19-21-22-23-24-25-26-28-31-34-37-41-45-49-53-57-61-65-71(76)70(69-75)74-72(77)66-62-58-54-50-46-42-38-35-32-29-27-30-33-36-40-44-48-52-56-60-64-68-79-73(78)67-63-59-55-51-47-43-39-20-18-16-14-12-10-8-6-4-2/h14,16,20,39,70-71,75-76H,3-13,15,17-19,21-38,40-69H2,1-2H3,(H,74,77)/b16-14-,39-20-. The second-order valence-corrected chi connectivity index (χ2v) is 24.9. The highest BCUT2D eigenvalue weighted by atomic mass is 16.5. The molecule has 79 heavy (non-hydrogen) atoms. The smallest absolute Gasteiger partial charge is 0.305 e. The minimum Gasteiger partial charge on any atom is -0.466 e. The van der Waals surface area contributed by atoms with Crippen LogP contribution in [0, 0.1) is 0 Å². The molecule has 0 saturated carbocycles. The molecule has 6 heteroatoms. The van der Waals surface area contributed by atoms with Crippen molar-refractivity contribution in [1.29, 1.82) is 0 Å². The summed E-state index contributed by atoms with van der Waals surface area (Å²) in [6.45, 7) is 4.97. The summed E-state index contributed by atoms with van der Waals surface area (Å²) in [4.78, 5) is 24.6. The first-order valence-corrected chi connectivity index (χ1v) is 36.1. The van der Waals surface area contributed by atoms with Crippen LogP contribution in [0.15, 0.2) is 24.3 Å². The topological polar surface area (TPSA) is 95.9 Å². The fourth-order valence-corrected chi connectivity index (χ4v) is 11.5. The Hall–Kier alpha value is -1.66. The first-order valence-electron chi connectivity index (χ1n) is 36.1. The Kier molecular flexibility index (Phi) is 67.4. The lowest BCUT2D eigenvalue weighted by Crippen LogP contribution is -2.45. The third-order valence-electron chi connectivity index (χ3n) is 17.0. The molecule has 6 nitrogen and oxygen atoms in total. The van der Waals surface area contributed by atoms with Crippen molar-refractivity contribution >= 4 is 11.9 Å². The summed E-state index contributed by atoms with van der Waals surface area (Å²) in [5.41, 5.74) is 0. The van der Waals surface area contributed by atoms with Crippen LogP contribution in [-0.4, -0.2) is 47.4 Å². The number of aliphatic hydroxyl groups excluding tert-OH is 2. The number of rotatable bonds is 68. The Morgan fingerprint density at radius 1 is 0.354 bits per heavy atom. The maximum absolute atomic E-state index is 12.6.